The fourth-order valence-corrected chi connectivity index (χ4v) is 1.41. The van der Waals surface area contributed by atoms with Crippen molar-refractivity contribution in [3.63, 3.8) is 0 Å². The minimum atomic E-state index is -4.60. The second kappa shape index (κ2) is 4.33. The first-order chi connectivity index (χ1) is 6.92. The largest absolute Gasteiger partial charge is 0.504 e. The Hall–Kier alpha value is -1.53. The fourth-order valence-electron chi connectivity index (χ4n) is 1.04. The molecule has 2 N–H and O–H groups in total. The van der Waals surface area contributed by atoms with Crippen LogP contribution in [0, 0.1) is 0 Å². The van der Waals surface area contributed by atoms with Crippen LogP contribution in [-0.2, 0) is 16.8 Å². The lowest BCUT2D eigenvalue weighted by Crippen LogP contribution is -2.06. The third-order valence-corrected chi connectivity index (χ3v) is 1.99. The van der Waals surface area contributed by atoms with E-state index in [-0.39, 0.29) is 11.5 Å². The summed E-state index contributed by atoms with van der Waals surface area (Å²) < 4.78 is 33.2. The third kappa shape index (κ3) is 3.61. The normalized spacial score (nSPS) is 11.0. The van der Waals surface area contributed by atoms with Gasteiger partial charge in [-0.1, -0.05) is 12.1 Å². The molecule has 0 radical (unpaired) electrons. The molecule has 0 atom stereocenters. The number of hydrogen-bond donors (Lipinski definition) is 2. The molecule has 0 unspecified atom stereocenters. The molecule has 0 aliphatic heterocycles. The van der Waals surface area contributed by atoms with Crippen LogP contribution >= 0.6 is 0 Å². The lowest BCUT2D eigenvalue weighted by atomic mass is 10.1. The van der Waals surface area contributed by atoms with E-state index in [4.69, 9.17) is 4.55 Å². The molecule has 1 rings (SSSR count). The average molecular weight is 230 g/mol. The van der Waals surface area contributed by atoms with Crippen molar-refractivity contribution in [2.45, 2.75) is 6.42 Å². The summed E-state index contributed by atoms with van der Waals surface area (Å²) in [4.78, 5) is 0. The van der Waals surface area contributed by atoms with E-state index in [2.05, 4.69) is 10.8 Å². The highest BCUT2D eigenvalue weighted by molar-refractivity contribution is 7.81. The maximum absolute atomic E-state index is 10.4. The van der Waals surface area contributed by atoms with E-state index in [0.717, 1.165) is 5.56 Å². The molecule has 0 amide bonds. The molecule has 0 aliphatic carbocycles. The SMILES string of the molecule is C=CCc1ccc(OS(=O)(=O)O)c(O)c1. The highest BCUT2D eigenvalue weighted by Crippen LogP contribution is 2.27. The summed E-state index contributed by atoms with van der Waals surface area (Å²) in [6.45, 7) is 3.52. The molecule has 0 spiro atoms. The van der Waals surface area contributed by atoms with Gasteiger partial charge in [0.05, 0.1) is 0 Å². The Labute approximate surface area is 87.6 Å². The van der Waals surface area contributed by atoms with Gasteiger partial charge >= 0.3 is 10.4 Å². The molecule has 0 heterocycles. The van der Waals surface area contributed by atoms with Gasteiger partial charge in [0.2, 0.25) is 0 Å². The van der Waals surface area contributed by atoms with Gasteiger partial charge in [-0.3, -0.25) is 4.55 Å². The molecule has 1 aromatic rings. The molecule has 82 valence electrons. The summed E-state index contributed by atoms with van der Waals surface area (Å²) in [6, 6.07) is 4.14. The molecular formula is C9H10O5S. The summed E-state index contributed by atoms with van der Waals surface area (Å²) in [5, 5.41) is 9.35. The molecule has 6 heteroatoms. The van der Waals surface area contributed by atoms with Crippen LogP contribution in [0.15, 0.2) is 30.9 Å². The van der Waals surface area contributed by atoms with Crippen LogP contribution in [0.3, 0.4) is 0 Å². The van der Waals surface area contributed by atoms with Crippen LogP contribution in [0.4, 0.5) is 0 Å². The number of allylic oxidation sites excluding steroid dienone is 1. The minimum Gasteiger partial charge on any atom is -0.504 e. The zero-order valence-corrected chi connectivity index (χ0v) is 8.57. The molecule has 5 nitrogen and oxygen atoms in total. The van der Waals surface area contributed by atoms with E-state index in [0.29, 0.717) is 6.42 Å². The number of aromatic hydroxyl groups is 1. The number of phenolic OH excluding ortho intramolecular Hbond substituents is 1. The molecule has 0 saturated carbocycles. The van der Waals surface area contributed by atoms with Gasteiger partial charge < -0.3 is 9.29 Å². The van der Waals surface area contributed by atoms with Gasteiger partial charge in [-0.15, -0.1) is 6.58 Å². The Morgan fingerprint density at radius 2 is 2.13 bits per heavy atom. The van der Waals surface area contributed by atoms with Crippen LogP contribution in [0.25, 0.3) is 0 Å². The van der Waals surface area contributed by atoms with E-state index >= 15 is 0 Å². The number of rotatable bonds is 4. The zero-order valence-electron chi connectivity index (χ0n) is 7.75. The van der Waals surface area contributed by atoms with Crippen LogP contribution < -0.4 is 4.18 Å². The quantitative estimate of drug-likeness (QED) is 0.601. The van der Waals surface area contributed by atoms with Crippen molar-refractivity contribution in [1.82, 2.24) is 0 Å². The van der Waals surface area contributed by atoms with Crippen molar-refractivity contribution in [3.05, 3.63) is 36.4 Å². The summed E-state index contributed by atoms with van der Waals surface area (Å²) in [6.07, 6.45) is 2.18. The zero-order chi connectivity index (χ0) is 11.5. The monoisotopic (exact) mass is 230 g/mol. The second-order valence-electron chi connectivity index (χ2n) is 2.81. The average Bonchev–Trinajstić information content (AvgIpc) is 2.08. The highest BCUT2D eigenvalue weighted by atomic mass is 32.3. The topological polar surface area (TPSA) is 83.8 Å². The first-order valence-corrected chi connectivity index (χ1v) is 5.38. The van der Waals surface area contributed by atoms with Gasteiger partial charge in [0, 0.05) is 0 Å². The smallest absolute Gasteiger partial charge is 0.446 e. The Kier molecular flexibility index (Phi) is 3.33. The summed E-state index contributed by atoms with van der Waals surface area (Å²) >= 11 is 0. The van der Waals surface area contributed by atoms with Crippen LogP contribution in [0.2, 0.25) is 0 Å². The standard InChI is InChI=1S/C9H10O5S/c1-2-3-7-4-5-9(8(10)6-7)14-15(11,12)13/h2,4-6,10H,1,3H2,(H,11,12,13). The van der Waals surface area contributed by atoms with Gasteiger partial charge in [0.15, 0.2) is 11.5 Å². The molecule has 15 heavy (non-hydrogen) atoms. The summed E-state index contributed by atoms with van der Waals surface area (Å²) in [5.74, 6) is -0.669. The molecule has 0 fully saturated rings. The van der Waals surface area contributed by atoms with E-state index < -0.39 is 10.4 Å². The van der Waals surface area contributed by atoms with Crippen molar-refractivity contribution in [1.29, 1.82) is 0 Å². The molecule has 0 aromatic heterocycles. The summed E-state index contributed by atoms with van der Waals surface area (Å²) in [5.41, 5.74) is 0.755. The van der Waals surface area contributed by atoms with E-state index in [9.17, 15) is 13.5 Å². The Morgan fingerprint density at radius 3 is 2.60 bits per heavy atom. The van der Waals surface area contributed by atoms with Crippen molar-refractivity contribution >= 4 is 10.4 Å². The summed E-state index contributed by atoms with van der Waals surface area (Å²) in [7, 11) is -4.60. The van der Waals surface area contributed by atoms with Gasteiger partial charge in [0.1, 0.15) is 0 Å². The molecule has 0 aliphatic rings. The van der Waals surface area contributed by atoms with Crippen LogP contribution in [0.1, 0.15) is 5.56 Å². The molecule has 0 bridgehead atoms. The Morgan fingerprint density at radius 1 is 1.47 bits per heavy atom. The van der Waals surface area contributed by atoms with Gasteiger partial charge in [-0.25, -0.2) is 0 Å². The lowest BCUT2D eigenvalue weighted by Gasteiger charge is -2.05. The van der Waals surface area contributed by atoms with Crippen molar-refractivity contribution in [3.8, 4) is 11.5 Å². The van der Waals surface area contributed by atoms with Gasteiger partial charge in [-0.05, 0) is 24.1 Å². The van der Waals surface area contributed by atoms with Crippen molar-refractivity contribution in [2.24, 2.45) is 0 Å². The fraction of sp³-hybridized carbons (Fsp3) is 0.111. The maximum Gasteiger partial charge on any atom is 0.446 e. The van der Waals surface area contributed by atoms with Gasteiger partial charge in [-0.2, -0.15) is 8.42 Å². The minimum absolute atomic E-state index is 0.315. The molecular weight excluding hydrogens is 220 g/mol. The highest BCUT2D eigenvalue weighted by Gasteiger charge is 2.11. The van der Waals surface area contributed by atoms with E-state index in [1.165, 1.54) is 12.1 Å². The predicted molar refractivity (Wildman–Crippen MR) is 54.2 cm³/mol. The Balaban J connectivity index is 2.98. The first-order valence-electron chi connectivity index (χ1n) is 4.02. The van der Waals surface area contributed by atoms with E-state index in [1.807, 2.05) is 0 Å². The van der Waals surface area contributed by atoms with Crippen LogP contribution in [-0.4, -0.2) is 18.1 Å². The predicted octanol–water partition coefficient (Wildman–Crippen LogP) is 1.30. The van der Waals surface area contributed by atoms with Gasteiger partial charge in [0.25, 0.3) is 0 Å². The number of benzene rings is 1. The maximum atomic E-state index is 10.4. The van der Waals surface area contributed by atoms with Crippen molar-refractivity contribution in [2.75, 3.05) is 0 Å². The number of hydrogen-bond acceptors (Lipinski definition) is 4. The van der Waals surface area contributed by atoms with E-state index in [1.54, 1.807) is 12.1 Å². The third-order valence-electron chi connectivity index (χ3n) is 1.60. The Bertz CT molecular complexity index is 463. The van der Waals surface area contributed by atoms with Crippen molar-refractivity contribution < 1.29 is 22.3 Å². The lowest BCUT2D eigenvalue weighted by molar-refractivity contribution is 0.371. The number of phenols is 1. The second-order valence-corrected chi connectivity index (χ2v) is 3.83. The molecule has 0 saturated heterocycles. The van der Waals surface area contributed by atoms with Crippen LogP contribution in [0.5, 0.6) is 11.5 Å². The molecule has 1 aromatic carbocycles. The first kappa shape index (κ1) is 11.5.